The fourth-order valence-electron chi connectivity index (χ4n) is 1.83. The Hall–Kier alpha value is -2.11. The van der Waals surface area contributed by atoms with E-state index < -0.39 is 0 Å². The summed E-state index contributed by atoms with van der Waals surface area (Å²) in [5.74, 6) is -0.213. The zero-order chi connectivity index (χ0) is 15.8. The topological polar surface area (TPSA) is 63.2 Å². The summed E-state index contributed by atoms with van der Waals surface area (Å²) in [5, 5.41) is 6.66. The van der Waals surface area contributed by atoms with Gasteiger partial charge in [-0.25, -0.2) is 4.98 Å². The number of nitrogens with zero attached hydrogens (tertiary/aromatic N) is 1. The van der Waals surface area contributed by atoms with Crippen LogP contribution in [-0.2, 0) is 11.3 Å². The van der Waals surface area contributed by atoms with E-state index in [0.717, 1.165) is 16.3 Å². The van der Waals surface area contributed by atoms with Crippen molar-refractivity contribution in [2.45, 2.75) is 6.54 Å². The maximum atomic E-state index is 11.8. The van der Waals surface area contributed by atoms with Gasteiger partial charge >= 0.3 is 0 Å². The number of rotatable bonds is 7. The van der Waals surface area contributed by atoms with E-state index in [-0.39, 0.29) is 5.91 Å². The third-order valence-corrected chi connectivity index (χ3v) is 3.40. The van der Waals surface area contributed by atoms with Gasteiger partial charge in [0.1, 0.15) is 5.69 Å². The molecule has 0 saturated heterocycles. The van der Waals surface area contributed by atoms with Crippen molar-refractivity contribution in [3.8, 4) is 0 Å². The molecular weight excluding hydrogens is 302 g/mol. The molecule has 0 unspecified atom stereocenters. The molecule has 1 aromatic heterocycles. The van der Waals surface area contributed by atoms with Gasteiger partial charge in [-0.05, 0) is 23.8 Å². The van der Waals surface area contributed by atoms with Crippen molar-refractivity contribution in [3.05, 3.63) is 58.9 Å². The van der Waals surface area contributed by atoms with Crippen LogP contribution in [0.5, 0.6) is 0 Å². The highest BCUT2D eigenvalue weighted by Crippen LogP contribution is 2.16. The lowest BCUT2D eigenvalue weighted by molar-refractivity contribution is 0.0932. The Morgan fingerprint density at radius 3 is 2.77 bits per heavy atom. The van der Waals surface area contributed by atoms with E-state index >= 15 is 0 Å². The lowest BCUT2D eigenvalue weighted by Crippen LogP contribution is -2.27. The van der Waals surface area contributed by atoms with Gasteiger partial charge in [-0.2, -0.15) is 0 Å². The van der Waals surface area contributed by atoms with E-state index in [2.05, 4.69) is 15.6 Å². The fraction of sp³-hybridized carbons (Fsp3) is 0.250. The highest BCUT2D eigenvalue weighted by molar-refractivity contribution is 6.31. The van der Waals surface area contributed by atoms with Gasteiger partial charge in [0, 0.05) is 25.2 Å². The van der Waals surface area contributed by atoms with Gasteiger partial charge in [0.15, 0.2) is 0 Å². The molecule has 5 nitrogen and oxygen atoms in total. The van der Waals surface area contributed by atoms with Crippen molar-refractivity contribution in [2.75, 3.05) is 25.6 Å². The van der Waals surface area contributed by atoms with Crippen molar-refractivity contribution in [1.29, 1.82) is 0 Å². The molecule has 0 bridgehead atoms. The van der Waals surface area contributed by atoms with Crippen LogP contribution in [-0.4, -0.2) is 31.2 Å². The molecule has 6 heteroatoms. The molecule has 0 spiro atoms. The Morgan fingerprint density at radius 1 is 1.27 bits per heavy atom. The Morgan fingerprint density at radius 2 is 2.09 bits per heavy atom. The first-order valence-electron chi connectivity index (χ1n) is 6.91. The van der Waals surface area contributed by atoms with Crippen molar-refractivity contribution in [2.24, 2.45) is 0 Å². The monoisotopic (exact) mass is 319 g/mol. The minimum atomic E-state index is -0.213. The number of aromatic nitrogens is 1. The van der Waals surface area contributed by atoms with Crippen LogP contribution in [0.1, 0.15) is 16.1 Å². The van der Waals surface area contributed by atoms with Crippen LogP contribution >= 0.6 is 11.6 Å². The molecular formula is C16H18ClN3O2. The molecule has 0 aliphatic heterocycles. The minimum absolute atomic E-state index is 0.213. The number of carbonyl (C=O) groups excluding carboxylic acids is 1. The van der Waals surface area contributed by atoms with Crippen molar-refractivity contribution >= 4 is 23.2 Å². The minimum Gasteiger partial charge on any atom is -0.383 e. The molecule has 2 N–H and O–H groups in total. The van der Waals surface area contributed by atoms with E-state index in [1.807, 2.05) is 30.3 Å². The van der Waals surface area contributed by atoms with Gasteiger partial charge in [-0.15, -0.1) is 0 Å². The number of amides is 1. The number of benzene rings is 1. The lowest BCUT2D eigenvalue weighted by Gasteiger charge is -2.08. The molecule has 1 aromatic carbocycles. The van der Waals surface area contributed by atoms with Crippen LogP contribution in [0, 0.1) is 0 Å². The van der Waals surface area contributed by atoms with E-state index in [0.29, 0.717) is 25.4 Å². The summed E-state index contributed by atoms with van der Waals surface area (Å²) >= 11 is 6.10. The maximum absolute atomic E-state index is 11.8. The highest BCUT2D eigenvalue weighted by atomic mass is 35.5. The van der Waals surface area contributed by atoms with Crippen LogP contribution in [0.2, 0.25) is 5.02 Å². The first kappa shape index (κ1) is 16.3. The van der Waals surface area contributed by atoms with Crippen molar-refractivity contribution in [1.82, 2.24) is 10.3 Å². The molecule has 1 amide bonds. The van der Waals surface area contributed by atoms with E-state index in [1.54, 1.807) is 19.4 Å². The van der Waals surface area contributed by atoms with Gasteiger partial charge in [0.05, 0.1) is 18.5 Å². The zero-order valence-electron chi connectivity index (χ0n) is 12.3. The Balaban J connectivity index is 1.89. The number of anilines is 1. The maximum Gasteiger partial charge on any atom is 0.269 e. The third kappa shape index (κ3) is 4.72. The summed E-state index contributed by atoms with van der Waals surface area (Å²) in [6, 6.07) is 11.1. The molecule has 0 saturated carbocycles. The molecule has 0 fully saturated rings. The van der Waals surface area contributed by atoms with Gasteiger partial charge in [0.2, 0.25) is 0 Å². The molecule has 2 rings (SSSR count). The quantitative estimate of drug-likeness (QED) is 0.770. The summed E-state index contributed by atoms with van der Waals surface area (Å²) in [6.45, 7) is 1.54. The summed E-state index contributed by atoms with van der Waals surface area (Å²) in [5.41, 5.74) is 2.21. The van der Waals surface area contributed by atoms with Gasteiger partial charge in [0.25, 0.3) is 5.91 Å². The molecule has 116 valence electrons. The average Bonchev–Trinajstić information content (AvgIpc) is 2.55. The van der Waals surface area contributed by atoms with Crippen molar-refractivity contribution in [3.63, 3.8) is 0 Å². The second-order valence-corrected chi connectivity index (χ2v) is 5.03. The van der Waals surface area contributed by atoms with E-state index in [9.17, 15) is 4.79 Å². The predicted molar refractivity (Wildman–Crippen MR) is 87.2 cm³/mol. The predicted octanol–water partition coefficient (Wildman–Crippen LogP) is 2.72. The van der Waals surface area contributed by atoms with Crippen LogP contribution in [0.15, 0.2) is 42.6 Å². The molecule has 22 heavy (non-hydrogen) atoms. The van der Waals surface area contributed by atoms with Gasteiger partial charge < -0.3 is 15.4 Å². The Bertz CT molecular complexity index is 617. The SMILES string of the molecule is COCCNC(=O)c1ccc(NCc2ccccc2Cl)cn1. The lowest BCUT2D eigenvalue weighted by atomic mass is 10.2. The second kappa shape index (κ2) is 8.36. The number of hydrogen-bond acceptors (Lipinski definition) is 4. The summed E-state index contributed by atoms with van der Waals surface area (Å²) in [4.78, 5) is 15.9. The zero-order valence-corrected chi connectivity index (χ0v) is 13.1. The number of nitrogens with one attached hydrogen (secondary N) is 2. The Labute approximate surface area is 134 Å². The van der Waals surface area contributed by atoms with Crippen LogP contribution in [0.25, 0.3) is 0 Å². The van der Waals surface area contributed by atoms with Gasteiger partial charge in [-0.3, -0.25) is 4.79 Å². The van der Waals surface area contributed by atoms with Crippen LogP contribution in [0.3, 0.4) is 0 Å². The smallest absolute Gasteiger partial charge is 0.269 e. The summed E-state index contributed by atoms with van der Waals surface area (Å²) in [7, 11) is 1.59. The first-order chi connectivity index (χ1) is 10.7. The van der Waals surface area contributed by atoms with E-state index in [1.165, 1.54) is 0 Å². The molecule has 0 atom stereocenters. The van der Waals surface area contributed by atoms with Crippen LogP contribution in [0.4, 0.5) is 5.69 Å². The Kier molecular flexibility index (Phi) is 6.18. The van der Waals surface area contributed by atoms with Crippen molar-refractivity contribution < 1.29 is 9.53 Å². The molecule has 0 radical (unpaired) electrons. The normalized spacial score (nSPS) is 10.3. The molecule has 1 heterocycles. The number of pyridine rings is 1. The van der Waals surface area contributed by atoms with E-state index in [4.69, 9.17) is 16.3 Å². The third-order valence-electron chi connectivity index (χ3n) is 3.03. The summed E-state index contributed by atoms with van der Waals surface area (Å²) in [6.07, 6.45) is 1.63. The number of methoxy groups -OCH3 is 1. The summed E-state index contributed by atoms with van der Waals surface area (Å²) < 4.78 is 4.87. The average molecular weight is 320 g/mol. The first-order valence-corrected chi connectivity index (χ1v) is 7.29. The largest absolute Gasteiger partial charge is 0.383 e. The fourth-order valence-corrected chi connectivity index (χ4v) is 2.03. The number of carbonyl (C=O) groups is 1. The number of ether oxygens (including phenoxy) is 1. The standard InChI is InChI=1S/C16H18ClN3O2/c1-22-9-8-18-16(21)15-7-6-13(11-20-15)19-10-12-4-2-3-5-14(12)17/h2-7,11,19H,8-10H2,1H3,(H,18,21). The highest BCUT2D eigenvalue weighted by Gasteiger charge is 2.06. The number of halogens is 1. The molecule has 0 aliphatic rings. The number of hydrogen-bond donors (Lipinski definition) is 2. The molecule has 2 aromatic rings. The van der Waals surface area contributed by atoms with Gasteiger partial charge in [-0.1, -0.05) is 29.8 Å². The van der Waals surface area contributed by atoms with Crippen LogP contribution < -0.4 is 10.6 Å². The molecule has 0 aliphatic carbocycles. The second-order valence-electron chi connectivity index (χ2n) is 4.63.